The Morgan fingerprint density at radius 2 is 2.17 bits per heavy atom. The van der Waals surface area contributed by atoms with Gasteiger partial charge < -0.3 is 5.32 Å². The third-order valence-corrected chi connectivity index (χ3v) is 3.04. The molecule has 0 aliphatic carbocycles. The number of pyridine rings is 1. The predicted octanol–water partition coefficient (Wildman–Crippen LogP) is 2.87. The highest BCUT2D eigenvalue weighted by Gasteiger charge is 2.13. The van der Waals surface area contributed by atoms with Gasteiger partial charge in [-0.25, -0.2) is 9.67 Å². The second-order valence-electron chi connectivity index (χ2n) is 4.05. The van der Waals surface area contributed by atoms with E-state index < -0.39 is 0 Å². The standard InChI is InChI=1S/C12H13BrN4O/c1-8(2)17-10(5-7-15-17)16-12(18)9-4-3-6-14-11(9)13/h3-8H,1-2H3,(H,16,18). The molecule has 18 heavy (non-hydrogen) atoms. The Hall–Kier alpha value is -1.69. The monoisotopic (exact) mass is 308 g/mol. The molecule has 94 valence electrons. The van der Waals surface area contributed by atoms with E-state index in [1.807, 2.05) is 13.8 Å². The quantitative estimate of drug-likeness (QED) is 0.887. The molecule has 0 saturated heterocycles. The van der Waals surface area contributed by atoms with Crippen molar-refractivity contribution in [3.05, 3.63) is 40.8 Å². The van der Waals surface area contributed by atoms with Crippen molar-refractivity contribution in [1.29, 1.82) is 0 Å². The Morgan fingerprint density at radius 1 is 1.39 bits per heavy atom. The van der Waals surface area contributed by atoms with Gasteiger partial charge in [0.25, 0.3) is 5.91 Å². The van der Waals surface area contributed by atoms with Crippen LogP contribution in [-0.4, -0.2) is 20.7 Å². The molecule has 0 atom stereocenters. The van der Waals surface area contributed by atoms with Crippen LogP contribution in [0.5, 0.6) is 0 Å². The summed E-state index contributed by atoms with van der Waals surface area (Å²) in [5.41, 5.74) is 0.494. The van der Waals surface area contributed by atoms with Gasteiger partial charge in [0.1, 0.15) is 10.4 Å². The van der Waals surface area contributed by atoms with Crippen molar-refractivity contribution in [2.45, 2.75) is 19.9 Å². The fourth-order valence-electron chi connectivity index (χ4n) is 1.56. The highest BCUT2D eigenvalue weighted by molar-refractivity contribution is 9.10. The highest BCUT2D eigenvalue weighted by atomic mass is 79.9. The van der Waals surface area contributed by atoms with E-state index in [1.165, 1.54) is 0 Å². The van der Waals surface area contributed by atoms with E-state index >= 15 is 0 Å². The van der Waals surface area contributed by atoms with Crippen molar-refractivity contribution in [3.63, 3.8) is 0 Å². The molecule has 0 bridgehead atoms. The van der Waals surface area contributed by atoms with E-state index in [-0.39, 0.29) is 11.9 Å². The minimum absolute atomic E-state index is 0.188. The van der Waals surface area contributed by atoms with Gasteiger partial charge >= 0.3 is 0 Å². The summed E-state index contributed by atoms with van der Waals surface area (Å²) in [7, 11) is 0. The summed E-state index contributed by atoms with van der Waals surface area (Å²) in [4.78, 5) is 16.1. The lowest BCUT2D eigenvalue weighted by Gasteiger charge is -2.12. The number of aromatic nitrogens is 3. The number of carbonyl (C=O) groups excluding carboxylic acids is 1. The number of nitrogens with zero attached hydrogens (tertiary/aromatic N) is 3. The Kier molecular flexibility index (Phi) is 3.76. The van der Waals surface area contributed by atoms with Gasteiger partial charge in [-0.3, -0.25) is 4.79 Å². The van der Waals surface area contributed by atoms with Crippen LogP contribution < -0.4 is 5.32 Å². The maximum atomic E-state index is 12.1. The molecule has 5 nitrogen and oxygen atoms in total. The average molecular weight is 309 g/mol. The molecule has 2 heterocycles. The van der Waals surface area contributed by atoms with Gasteiger partial charge in [0, 0.05) is 18.3 Å². The third-order valence-electron chi connectivity index (χ3n) is 2.40. The topological polar surface area (TPSA) is 59.8 Å². The molecule has 2 aromatic heterocycles. The van der Waals surface area contributed by atoms with Crippen LogP contribution in [0.15, 0.2) is 35.2 Å². The number of rotatable bonds is 3. The summed E-state index contributed by atoms with van der Waals surface area (Å²) in [5, 5.41) is 6.98. The summed E-state index contributed by atoms with van der Waals surface area (Å²) in [6.45, 7) is 4.01. The van der Waals surface area contributed by atoms with Crippen LogP contribution in [0.25, 0.3) is 0 Å². The van der Waals surface area contributed by atoms with Crippen molar-refractivity contribution in [2.75, 3.05) is 5.32 Å². The van der Waals surface area contributed by atoms with Gasteiger partial charge in [-0.05, 0) is 41.9 Å². The maximum absolute atomic E-state index is 12.1. The van der Waals surface area contributed by atoms with E-state index in [2.05, 4.69) is 31.3 Å². The van der Waals surface area contributed by atoms with Crippen LogP contribution in [0.2, 0.25) is 0 Å². The molecular formula is C12H13BrN4O. The molecule has 0 aromatic carbocycles. The summed E-state index contributed by atoms with van der Waals surface area (Å²) in [6, 6.07) is 5.39. The molecule has 0 radical (unpaired) electrons. The number of anilines is 1. The average Bonchev–Trinajstić information content (AvgIpc) is 2.77. The lowest BCUT2D eigenvalue weighted by atomic mass is 10.2. The number of amides is 1. The first-order chi connectivity index (χ1) is 8.59. The minimum atomic E-state index is -0.211. The lowest BCUT2D eigenvalue weighted by Crippen LogP contribution is -2.17. The summed E-state index contributed by atoms with van der Waals surface area (Å²) in [5.74, 6) is 0.461. The Balaban J connectivity index is 2.22. The van der Waals surface area contributed by atoms with Crippen LogP contribution in [0.4, 0.5) is 5.82 Å². The summed E-state index contributed by atoms with van der Waals surface area (Å²) in [6.07, 6.45) is 3.28. The second-order valence-corrected chi connectivity index (χ2v) is 4.80. The minimum Gasteiger partial charge on any atom is -0.307 e. The third kappa shape index (κ3) is 2.59. The first-order valence-corrected chi connectivity index (χ1v) is 6.34. The predicted molar refractivity (Wildman–Crippen MR) is 72.5 cm³/mol. The van der Waals surface area contributed by atoms with Crippen molar-refractivity contribution >= 4 is 27.7 Å². The van der Waals surface area contributed by atoms with Crippen molar-refractivity contribution < 1.29 is 4.79 Å². The highest BCUT2D eigenvalue weighted by Crippen LogP contribution is 2.17. The van der Waals surface area contributed by atoms with Gasteiger partial charge in [-0.1, -0.05) is 0 Å². The van der Waals surface area contributed by atoms with Gasteiger partial charge in [0.15, 0.2) is 0 Å². The van der Waals surface area contributed by atoms with Crippen LogP contribution in [0.3, 0.4) is 0 Å². The molecule has 0 spiro atoms. The van der Waals surface area contributed by atoms with E-state index in [0.717, 1.165) is 0 Å². The molecule has 2 aromatic rings. The maximum Gasteiger partial charge on any atom is 0.259 e. The molecule has 0 saturated carbocycles. The molecule has 2 rings (SSSR count). The second kappa shape index (κ2) is 5.30. The molecule has 1 N–H and O–H groups in total. The summed E-state index contributed by atoms with van der Waals surface area (Å²) >= 11 is 3.25. The fraction of sp³-hybridized carbons (Fsp3) is 0.250. The molecule has 0 aliphatic heterocycles. The van der Waals surface area contributed by atoms with Crippen molar-refractivity contribution in [1.82, 2.24) is 14.8 Å². The molecule has 6 heteroatoms. The van der Waals surface area contributed by atoms with Crippen molar-refractivity contribution in [2.24, 2.45) is 0 Å². The van der Waals surface area contributed by atoms with E-state index in [0.29, 0.717) is 16.0 Å². The lowest BCUT2D eigenvalue weighted by molar-refractivity contribution is 0.102. The van der Waals surface area contributed by atoms with E-state index in [9.17, 15) is 4.79 Å². The fourth-order valence-corrected chi connectivity index (χ4v) is 1.99. The normalized spacial score (nSPS) is 10.7. The van der Waals surface area contributed by atoms with Crippen LogP contribution in [0.1, 0.15) is 30.2 Å². The Labute approximate surface area is 113 Å². The van der Waals surface area contributed by atoms with Gasteiger partial charge in [-0.15, -0.1) is 0 Å². The van der Waals surface area contributed by atoms with Crippen molar-refractivity contribution in [3.8, 4) is 0 Å². The molecular weight excluding hydrogens is 296 g/mol. The van der Waals surface area contributed by atoms with Gasteiger partial charge in [0.05, 0.1) is 11.8 Å². The molecule has 1 amide bonds. The molecule has 0 aliphatic rings. The summed E-state index contributed by atoms with van der Waals surface area (Å²) < 4.78 is 2.28. The zero-order valence-corrected chi connectivity index (χ0v) is 11.7. The van der Waals surface area contributed by atoms with Crippen LogP contribution in [-0.2, 0) is 0 Å². The smallest absolute Gasteiger partial charge is 0.259 e. The van der Waals surface area contributed by atoms with Crippen LogP contribution >= 0.6 is 15.9 Å². The number of carbonyl (C=O) groups is 1. The zero-order valence-electron chi connectivity index (χ0n) is 10.1. The first kappa shape index (κ1) is 12.8. The van der Waals surface area contributed by atoms with Crippen LogP contribution in [0, 0.1) is 0 Å². The Bertz CT molecular complexity index is 565. The first-order valence-electron chi connectivity index (χ1n) is 5.55. The number of hydrogen-bond acceptors (Lipinski definition) is 3. The number of halogens is 1. The molecule has 0 fully saturated rings. The van der Waals surface area contributed by atoms with E-state index in [4.69, 9.17) is 0 Å². The largest absolute Gasteiger partial charge is 0.307 e. The van der Waals surface area contributed by atoms with E-state index in [1.54, 1.807) is 35.3 Å². The van der Waals surface area contributed by atoms with Gasteiger partial charge in [-0.2, -0.15) is 5.10 Å². The zero-order chi connectivity index (χ0) is 13.1. The Morgan fingerprint density at radius 3 is 2.83 bits per heavy atom. The number of hydrogen-bond donors (Lipinski definition) is 1. The van der Waals surface area contributed by atoms with Gasteiger partial charge in [0.2, 0.25) is 0 Å². The molecule has 0 unspecified atom stereocenters. The number of nitrogens with one attached hydrogen (secondary N) is 1. The SMILES string of the molecule is CC(C)n1nccc1NC(=O)c1cccnc1Br.